The van der Waals surface area contributed by atoms with Gasteiger partial charge in [0, 0.05) is 31.5 Å². The fraction of sp³-hybridized carbons (Fsp3) is 0.333. The maximum Gasteiger partial charge on any atom is 0.243 e. The molecule has 26 heavy (non-hydrogen) atoms. The smallest absolute Gasteiger partial charge is 0.243 e. The summed E-state index contributed by atoms with van der Waals surface area (Å²) in [4.78, 5) is 15.9. The lowest BCUT2D eigenvalue weighted by molar-refractivity contribution is -0.117. The van der Waals surface area contributed by atoms with Crippen molar-refractivity contribution in [1.82, 2.24) is 29.7 Å². The summed E-state index contributed by atoms with van der Waals surface area (Å²) in [6, 6.07) is 4.21. The molecule has 8 nitrogen and oxygen atoms in total. The monoisotopic (exact) mass is 351 g/mol. The van der Waals surface area contributed by atoms with E-state index < -0.39 is 0 Å². The van der Waals surface area contributed by atoms with Gasteiger partial charge in [0.05, 0.1) is 5.69 Å². The van der Waals surface area contributed by atoms with E-state index in [0.29, 0.717) is 5.92 Å². The first-order chi connectivity index (χ1) is 12.6. The van der Waals surface area contributed by atoms with Gasteiger partial charge < -0.3 is 10.6 Å². The SMILES string of the molecule is C=CC(=O)N[C@H]1CC[C@@H](c2cc(Nc3ccn(C)n3)c3ncnn3c2)C1. The second kappa shape index (κ2) is 6.62. The maximum atomic E-state index is 11.5. The van der Waals surface area contributed by atoms with E-state index in [1.807, 2.05) is 25.5 Å². The highest BCUT2D eigenvalue weighted by atomic mass is 16.1. The molecule has 134 valence electrons. The summed E-state index contributed by atoms with van der Waals surface area (Å²) >= 11 is 0. The van der Waals surface area contributed by atoms with E-state index in [4.69, 9.17) is 0 Å². The minimum Gasteiger partial charge on any atom is -0.350 e. The fourth-order valence-electron chi connectivity index (χ4n) is 3.56. The Hall–Kier alpha value is -3.16. The van der Waals surface area contributed by atoms with Crippen molar-refractivity contribution in [3.05, 3.63) is 49.1 Å². The molecule has 0 spiro atoms. The van der Waals surface area contributed by atoms with Crippen LogP contribution in [-0.4, -0.2) is 36.3 Å². The van der Waals surface area contributed by atoms with E-state index in [2.05, 4.69) is 38.5 Å². The van der Waals surface area contributed by atoms with Crippen molar-refractivity contribution in [2.75, 3.05) is 5.32 Å². The molecule has 1 amide bonds. The Balaban J connectivity index is 1.60. The average molecular weight is 351 g/mol. The van der Waals surface area contributed by atoms with Crippen molar-refractivity contribution >= 4 is 23.1 Å². The number of aryl methyl sites for hydroxylation is 1. The normalized spacial score (nSPS) is 19.6. The first-order valence-corrected chi connectivity index (χ1v) is 8.65. The molecule has 3 aromatic heterocycles. The third-order valence-electron chi connectivity index (χ3n) is 4.81. The number of amides is 1. The molecular weight excluding hydrogens is 330 g/mol. The van der Waals surface area contributed by atoms with Crippen molar-refractivity contribution in [2.45, 2.75) is 31.2 Å². The van der Waals surface area contributed by atoms with Crippen LogP contribution >= 0.6 is 0 Å². The Bertz CT molecular complexity index is 958. The van der Waals surface area contributed by atoms with Crippen LogP contribution in [-0.2, 0) is 11.8 Å². The molecule has 1 saturated carbocycles. The number of aromatic nitrogens is 5. The van der Waals surface area contributed by atoms with Gasteiger partial charge >= 0.3 is 0 Å². The molecule has 0 radical (unpaired) electrons. The minimum absolute atomic E-state index is 0.111. The standard InChI is InChI=1S/C18H21N7O/c1-3-17(26)21-14-5-4-12(8-14)13-9-15(18-19-11-20-25(18)10-13)22-16-6-7-24(2)23-16/h3,6-7,9-12,14H,1,4-5,8H2,2H3,(H,21,26)(H,22,23)/t12-,14+/m1/s1. The molecule has 2 atom stereocenters. The number of nitrogens with one attached hydrogen (secondary N) is 2. The second-order valence-corrected chi connectivity index (χ2v) is 6.63. The highest BCUT2D eigenvalue weighted by molar-refractivity contribution is 5.87. The lowest BCUT2D eigenvalue weighted by Gasteiger charge is -2.14. The molecule has 0 unspecified atom stereocenters. The van der Waals surface area contributed by atoms with Crippen molar-refractivity contribution in [3.8, 4) is 0 Å². The van der Waals surface area contributed by atoms with Gasteiger partial charge in [0.1, 0.15) is 6.33 Å². The first kappa shape index (κ1) is 16.3. The predicted octanol–water partition coefficient (Wildman–Crippen LogP) is 2.14. The number of pyridine rings is 1. The molecule has 0 bridgehead atoms. The number of nitrogens with zero attached hydrogens (tertiary/aromatic N) is 5. The number of hydrogen-bond acceptors (Lipinski definition) is 5. The van der Waals surface area contributed by atoms with Crippen LogP contribution in [0.15, 0.2) is 43.5 Å². The van der Waals surface area contributed by atoms with Gasteiger partial charge in [-0.2, -0.15) is 10.2 Å². The van der Waals surface area contributed by atoms with Crippen LogP contribution in [0, 0.1) is 0 Å². The Morgan fingerprint density at radius 2 is 2.31 bits per heavy atom. The molecule has 0 aliphatic heterocycles. The Kier molecular flexibility index (Phi) is 4.16. The van der Waals surface area contributed by atoms with Gasteiger partial charge in [-0.15, -0.1) is 0 Å². The quantitative estimate of drug-likeness (QED) is 0.688. The maximum absolute atomic E-state index is 11.5. The number of carbonyl (C=O) groups excluding carboxylic acids is 1. The average Bonchev–Trinajstić information content (AvgIpc) is 3.35. The molecule has 0 aromatic carbocycles. The fourth-order valence-corrected chi connectivity index (χ4v) is 3.56. The molecule has 4 rings (SSSR count). The zero-order valence-electron chi connectivity index (χ0n) is 14.6. The van der Waals surface area contributed by atoms with Crippen molar-refractivity contribution in [2.24, 2.45) is 7.05 Å². The Morgan fingerprint density at radius 1 is 1.42 bits per heavy atom. The second-order valence-electron chi connectivity index (χ2n) is 6.63. The van der Waals surface area contributed by atoms with Crippen LogP contribution in [0.4, 0.5) is 11.5 Å². The molecule has 8 heteroatoms. The van der Waals surface area contributed by atoms with Crippen LogP contribution in [0.1, 0.15) is 30.7 Å². The summed E-state index contributed by atoms with van der Waals surface area (Å²) in [6.45, 7) is 3.51. The number of hydrogen-bond donors (Lipinski definition) is 2. The highest BCUT2D eigenvalue weighted by Crippen LogP contribution is 2.36. The van der Waals surface area contributed by atoms with Crippen molar-refractivity contribution < 1.29 is 4.79 Å². The van der Waals surface area contributed by atoms with Gasteiger partial charge in [-0.25, -0.2) is 9.50 Å². The first-order valence-electron chi connectivity index (χ1n) is 8.65. The lowest BCUT2D eigenvalue weighted by atomic mass is 9.98. The zero-order chi connectivity index (χ0) is 18.1. The van der Waals surface area contributed by atoms with Gasteiger partial charge in [-0.1, -0.05) is 6.58 Å². The summed E-state index contributed by atoms with van der Waals surface area (Å²) < 4.78 is 3.54. The van der Waals surface area contributed by atoms with Gasteiger partial charge in [0.15, 0.2) is 11.5 Å². The molecule has 3 heterocycles. The summed E-state index contributed by atoms with van der Waals surface area (Å²) in [6.07, 6.45) is 9.66. The number of fused-ring (bicyclic) bond motifs is 1. The van der Waals surface area contributed by atoms with Crippen molar-refractivity contribution in [3.63, 3.8) is 0 Å². The van der Waals surface area contributed by atoms with E-state index in [9.17, 15) is 4.79 Å². The van der Waals surface area contributed by atoms with E-state index >= 15 is 0 Å². The third kappa shape index (κ3) is 3.17. The summed E-state index contributed by atoms with van der Waals surface area (Å²) in [5.74, 6) is 1.01. The van der Waals surface area contributed by atoms with Crippen LogP contribution in [0.5, 0.6) is 0 Å². The molecule has 1 aliphatic carbocycles. The molecule has 1 fully saturated rings. The third-order valence-corrected chi connectivity index (χ3v) is 4.81. The van der Waals surface area contributed by atoms with E-state index in [0.717, 1.165) is 36.4 Å². The van der Waals surface area contributed by atoms with Crippen LogP contribution in [0.2, 0.25) is 0 Å². The largest absolute Gasteiger partial charge is 0.350 e. The Morgan fingerprint density at radius 3 is 3.08 bits per heavy atom. The Labute approximate surface area is 150 Å². The molecule has 3 aromatic rings. The van der Waals surface area contributed by atoms with Crippen LogP contribution in [0.25, 0.3) is 5.65 Å². The number of anilines is 2. The summed E-state index contributed by atoms with van der Waals surface area (Å²) in [5, 5.41) is 15.0. The van der Waals surface area contributed by atoms with Crippen LogP contribution in [0.3, 0.4) is 0 Å². The van der Waals surface area contributed by atoms with Gasteiger partial charge in [0.2, 0.25) is 5.91 Å². The van der Waals surface area contributed by atoms with Crippen molar-refractivity contribution in [1.29, 1.82) is 0 Å². The molecule has 0 saturated heterocycles. The lowest BCUT2D eigenvalue weighted by Crippen LogP contribution is -2.31. The molecule has 2 N–H and O–H groups in total. The number of carbonyl (C=O) groups is 1. The summed E-state index contributed by atoms with van der Waals surface area (Å²) in [5.41, 5.74) is 2.81. The summed E-state index contributed by atoms with van der Waals surface area (Å²) in [7, 11) is 1.88. The van der Waals surface area contributed by atoms with Crippen LogP contribution < -0.4 is 10.6 Å². The van der Waals surface area contributed by atoms with E-state index in [1.165, 1.54) is 11.6 Å². The minimum atomic E-state index is -0.111. The van der Waals surface area contributed by atoms with Gasteiger partial charge in [0.25, 0.3) is 0 Å². The molecular formula is C18H21N7O. The van der Waals surface area contributed by atoms with Gasteiger partial charge in [-0.05, 0) is 42.9 Å². The van der Waals surface area contributed by atoms with E-state index in [1.54, 1.807) is 15.5 Å². The predicted molar refractivity (Wildman–Crippen MR) is 98.2 cm³/mol. The van der Waals surface area contributed by atoms with E-state index in [-0.39, 0.29) is 11.9 Å². The number of rotatable bonds is 5. The zero-order valence-corrected chi connectivity index (χ0v) is 14.6. The molecule has 1 aliphatic rings. The van der Waals surface area contributed by atoms with Gasteiger partial charge in [-0.3, -0.25) is 9.48 Å². The highest BCUT2D eigenvalue weighted by Gasteiger charge is 2.27. The topological polar surface area (TPSA) is 89.1 Å².